The summed E-state index contributed by atoms with van der Waals surface area (Å²) in [7, 11) is -2.11. The van der Waals surface area contributed by atoms with Crippen LogP contribution in [0, 0.1) is 5.82 Å². The monoisotopic (exact) mass is 466 g/mol. The third kappa shape index (κ3) is 5.80. The van der Waals surface area contributed by atoms with Gasteiger partial charge in [0.25, 0.3) is 0 Å². The van der Waals surface area contributed by atoms with Crippen LogP contribution in [-0.2, 0) is 17.1 Å². The van der Waals surface area contributed by atoms with E-state index in [0.29, 0.717) is 18.4 Å². The number of hydrogen-bond donors (Lipinski definition) is 1. The fraction of sp³-hybridized carbons (Fsp3) is 0.250. The molecule has 31 heavy (non-hydrogen) atoms. The van der Waals surface area contributed by atoms with Gasteiger partial charge in [-0.3, -0.25) is 9.52 Å². The van der Waals surface area contributed by atoms with Crippen LogP contribution in [0.15, 0.2) is 47.4 Å². The highest BCUT2D eigenvalue weighted by Crippen LogP contribution is 2.32. The Morgan fingerprint density at radius 3 is 2.68 bits per heavy atom. The zero-order valence-electron chi connectivity index (χ0n) is 16.8. The molecule has 0 aliphatic carbocycles. The van der Waals surface area contributed by atoms with Gasteiger partial charge < -0.3 is 9.30 Å². The molecule has 1 aromatic carbocycles. The number of ether oxygens (including phenoxy) is 1. The lowest BCUT2D eigenvalue weighted by atomic mass is 10.2. The highest BCUT2D eigenvalue weighted by atomic mass is 35.5. The van der Waals surface area contributed by atoms with Gasteiger partial charge in [0.2, 0.25) is 21.5 Å². The smallest absolute Gasteiger partial charge is 0.250 e. The molecule has 0 spiro atoms. The molecule has 8 nitrogen and oxygen atoms in total. The maximum absolute atomic E-state index is 14.2. The van der Waals surface area contributed by atoms with E-state index in [1.165, 1.54) is 47.2 Å². The zero-order chi connectivity index (χ0) is 22.6. The number of halogens is 2. The number of rotatable bonds is 8. The van der Waals surface area contributed by atoms with Crippen LogP contribution in [0.1, 0.15) is 19.8 Å². The van der Waals surface area contributed by atoms with Crippen molar-refractivity contribution in [1.29, 1.82) is 0 Å². The van der Waals surface area contributed by atoms with E-state index >= 15 is 0 Å². The van der Waals surface area contributed by atoms with Crippen LogP contribution in [0.2, 0.25) is 5.02 Å². The first-order valence-corrected chi connectivity index (χ1v) is 11.4. The van der Waals surface area contributed by atoms with Gasteiger partial charge in [-0.1, -0.05) is 31.0 Å². The first-order valence-electron chi connectivity index (χ1n) is 9.37. The van der Waals surface area contributed by atoms with E-state index in [9.17, 15) is 17.6 Å². The third-order valence-electron chi connectivity index (χ3n) is 4.20. The molecule has 0 aliphatic rings. The lowest BCUT2D eigenvalue weighted by molar-refractivity contribution is 0.427. The minimum absolute atomic E-state index is 0.0207. The number of nitrogens with zero attached hydrogens (tertiary/aromatic N) is 3. The van der Waals surface area contributed by atoms with E-state index in [4.69, 9.17) is 16.3 Å². The molecule has 0 aliphatic heterocycles. The SMILES string of the molecule is CCCCS(=O)(=O)Nc1cc(Oc2c(F)cccc2Cl)nc(-c2ccc(=O)n(C)c2)n1. The minimum atomic E-state index is -3.67. The normalized spacial score (nSPS) is 11.4. The van der Waals surface area contributed by atoms with Crippen molar-refractivity contribution in [2.45, 2.75) is 19.8 Å². The summed E-state index contributed by atoms with van der Waals surface area (Å²) in [5.41, 5.74) is 0.191. The van der Waals surface area contributed by atoms with Gasteiger partial charge in [-0.05, 0) is 24.6 Å². The number of sulfonamides is 1. The lowest BCUT2D eigenvalue weighted by Crippen LogP contribution is -2.18. The summed E-state index contributed by atoms with van der Waals surface area (Å²) in [4.78, 5) is 20.2. The second kappa shape index (κ2) is 9.44. The van der Waals surface area contributed by atoms with Crippen molar-refractivity contribution in [3.63, 3.8) is 0 Å². The van der Waals surface area contributed by atoms with Gasteiger partial charge in [0.1, 0.15) is 5.82 Å². The molecule has 0 saturated carbocycles. The maximum Gasteiger partial charge on any atom is 0.250 e. The van der Waals surface area contributed by atoms with Crippen molar-refractivity contribution < 1.29 is 17.5 Å². The number of nitrogens with one attached hydrogen (secondary N) is 1. The molecule has 1 N–H and O–H groups in total. The molecule has 0 amide bonds. The van der Waals surface area contributed by atoms with E-state index in [2.05, 4.69) is 14.7 Å². The molecule has 2 heterocycles. The Bertz CT molecular complexity index is 1240. The molecule has 0 fully saturated rings. The molecular weight excluding hydrogens is 447 g/mol. The first kappa shape index (κ1) is 22.7. The quantitative estimate of drug-likeness (QED) is 0.538. The second-order valence-corrected chi connectivity index (χ2v) is 8.96. The molecule has 11 heteroatoms. The van der Waals surface area contributed by atoms with Gasteiger partial charge in [-0.15, -0.1) is 0 Å². The summed E-state index contributed by atoms with van der Waals surface area (Å²) in [5.74, 6) is -1.16. The zero-order valence-corrected chi connectivity index (χ0v) is 18.4. The number of benzene rings is 1. The number of anilines is 1. The lowest BCUT2D eigenvalue weighted by Gasteiger charge is -2.12. The topological polar surface area (TPSA) is 103 Å². The number of unbranched alkanes of at least 4 members (excludes halogenated alkanes) is 1. The highest BCUT2D eigenvalue weighted by Gasteiger charge is 2.17. The van der Waals surface area contributed by atoms with E-state index in [1.54, 1.807) is 7.05 Å². The summed E-state index contributed by atoms with van der Waals surface area (Å²) >= 11 is 6.02. The third-order valence-corrected chi connectivity index (χ3v) is 5.84. The number of aromatic nitrogens is 3. The number of pyridine rings is 1. The van der Waals surface area contributed by atoms with Crippen molar-refractivity contribution in [3.05, 3.63) is 63.8 Å². The van der Waals surface area contributed by atoms with Crippen LogP contribution in [0.5, 0.6) is 11.6 Å². The molecule has 0 bridgehead atoms. The Kier molecular flexibility index (Phi) is 6.91. The van der Waals surface area contributed by atoms with Crippen molar-refractivity contribution in [3.8, 4) is 23.0 Å². The van der Waals surface area contributed by atoms with Crippen LogP contribution in [0.25, 0.3) is 11.4 Å². The minimum Gasteiger partial charge on any atom is -0.434 e. The Hall–Kier alpha value is -2.98. The molecule has 0 unspecified atom stereocenters. The van der Waals surface area contributed by atoms with E-state index < -0.39 is 15.8 Å². The summed E-state index contributed by atoms with van der Waals surface area (Å²) < 4.78 is 48.1. The Morgan fingerprint density at radius 1 is 1.23 bits per heavy atom. The number of para-hydroxylation sites is 1. The Morgan fingerprint density at radius 2 is 2.00 bits per heavy atom. The van der Waals surface area contributed by atoms with Crippen LogP contribution in [0.3, 0.4) is 0 Å². The van der Waals surface area contributed by atoms with E-state index in [0.717, 1.165) is 0 Å². The fourth-order valence-electron chi connectivity index (χ4n) is 2.61. The molecule has 3 aromatic rings. The average Bonchev–Trinajstić information content (AvgIpc) is 2.71. The molecule has 3 rings (SSSR count). The molecule has 0 saturated heterocycles. The Labute approximate surface area is 183 Å². The standard InChI is InChI=1S/C20H20ClFN4O4S/c1-3-4-10-31(28,29)25-16-11-17(30-19-14(21)6-5-7-15(19)22)24-20(23-16)13-8-9-18(27)26(2)12-13/h5-9,11-12H,3-4,10H2,1-2H3,(H,23,24,25). The Balaban J connectivity index is 2.07. The number of hydrogen-bond acceptors (Lipinski definition) is 6. The van der Waals surface area contributed by atoms with Crippen LogP contribution >= 0.6 is 11.6 Å². The van der Waals surface area contributed by atoms with Gasteiger partial charge in [0.15, 0.2) is 17.4 Å². The van der Waals surface area contributed by atoms with Gasteiger partial charge in [0, 0.05) is 30.9 Å². The van der Waals surface area contributed by atoms with Crippen molar-refractivity contribution in [2.75, 3.05) is 10.5 Å². The van der Waals surface area contributed by atoms with Gasteiger partial charge in [-0.2, -0.15) is 4.98 Å². The number of aryl methyl sites for hydroxylation is 1. The second-order valence-electron chi connectivity index (χ2n) is 6.71. The van der Waals surface area contributed by atoms with Gasteiger partial charge in [0.05, 0.1) is 10.8 Å². The largest absolute Gasteiger partial charge is 0.434 e. The molecule has 2 aromatic heterocycles. The summed E-state index contributed by atoms with van der Waals surface area (Å²) in [6.45, 7) is 1.88. The molecular formula is C20H20ClFN4O4S. The van der Waals surface area contributed by atoms with Crippen LogP contribution in [0.4, 0.5) is 10.2 Å². The first-order chi connectivity index (χ1) is 14.7. The van der Waals surface area contributed by atoms with Crippen LogP contribution in [-0.4, -0.2) is 28.7 Å². The predicted molar refractivity (Wildman–Crippen MR) is 117 cm³/mol. The molecule has 0 radical (unpaired) electrons. The summed E-state index contributed by atoms with van der Waals surface area (Å²) in [5, 5.41) is 0.0207. The predicted octanol–water partition coefficient (Wildman–Crippen LogP) is 3.97. The molecule has 164 valence electrons. The highest BCUT2D eigenvalue weighted by molar-refractivity contribution is 7.92. The van der Waals surface area contributed by atoms with Crippen molar-refractivity contribution in [1.82, 2.24) is 14.5 Å². The average molecular weight is 467 g/mol. The van der Waals surface area contributed by atoms with Crippen molar-refractivity contribution in [2.24, 2.45) is 7.05 Å². The van der Waals surface area contributed by atoms with Gasteiger partial charge >= 0.3 is 0 Å². The summed E-state index contributed by atoms with van der Waals surface area (Å²) in [6, 6.07) is 8.09. The van der Waals surface area contributed by atoms with E-state index in [1.807, 2.05) is 6.92 Å². The van der Waals surface area contributed by atoms with Crippen LogP contribution < -0.4 is 15.0 Å². The fourth-order valence-corrected chi connectivity index (χ4v) is 4.01. The molecule has 0 atom stereocenters. The van der Waals surface area contributed by atoms with E-state index in [-0.39, 0.29) is 39.6 Å². The summed E-state index contributed by atoms with van der Waals surface area (Å²) in [6.07, 6.45) is 2.67. The van der Waals surface area contributed by atoms with Gasteiger partial charge in [-0.25, -0.2) is 17.8 Å². The maximum atomic E-state index is 14.2. The van der Waals surface area contributed by atoms with Crippen molar-refractivity contribution >= 4 is 27.4 Å².